The molecular formula is C15H22ClNO3. The molecule has 5 heteroatoms. The number of halogens is 1. The van der Waals surface area contributed by atoms with Crippen molar-refractivity contribution in [2.24, 2.45) is 5.73 Å². The number of ether oxygens (including phenoxy) is 2. The maximum absolute atomic E-state index is 11.4. The Morgan fingerprint density at radius 3 is 2.65 bits per heavy atom. The number of nitrogens with two attached hydrogens (primary N) is 1. The van der Waals surface area contributed by atoms with E-state index in [0.717, 1.165) is 18.4 Å². The van der Waals surface area contributed by atoms with Crippen LogP contribution in [0.1, 0.15) is 32.8 Å². The fourth-order valence-corrected chi connectivity index (χ4v) is 1.93. The molecule has 0 amide bonds. The Bertz CT molecular complexity index is 449. The second-order valence-electron chi connectivity index (χ2n) is 4.96. The predicted octanol–water partition coefficient (Wildman–Crippen LogP) is 2.95. The summed E-state index contributed by atoms with van der Waals surface area (Å²) in [5, 5.41) is 0.475. The van der Waals surface area contributed by atoms with Crippen molar-refractivity contribution in [1.82, 2.24) is 0 Å². The van der Waals surface area contributed by atoms with E-state index < -0.39 is 5.97 Å². The summed E-state index contributed by atoms with van der Waals surface area (Å²) in [5.74, 6) is 0.0642. The van der Waals surface area contributed by atoms with Crippen molar-refractivity contribution in [2.45, 2.75) is 45.8 Å². The number of esters is 1. The summed E-state index contributed by atoms with van der Waals surface area (Å²) >= 11 is 6.13. The predicted molar refractivity (Wildman–Crippen MR) is 80.1 cm³/mol. The SMILES string of the molecule is CCC(N)Cc1ccc(OCC(=O)OC(C)C)c(Cl)c1. The first kappa shape index (κ1) is 16.8. The Labute approximate surface area is 125 Å². The lowest BCUT2D eigenvalue weighted by atomic mass is 10.0. The molecule has 0 aliphatic carbocycles. The van der Waals surface area contributed by atoms with Gasteiger partial charge in [-0.05, 0) is 44.4 Å². The van der Waals surface area contributed by atoms with Crippen molar-refractivity contribution in [3.8, 4) is 5.75 Å². The molecule has 0 heterocycles. The molecular weight excluding hydrogens is 278 g/mol. The molecule has 4 nitrogen and oxygen atoms in total. The molecule has 1 aromatic rings. The van der Waals surface area contributed by atoms with Gasteiger partial charge >= 0.3 is 5.97 Å². The molecule has 0 fully saturated rings. The lowest BCUT2D eigenvalue weighted by Gasteiger charge is -2.12. The van der Waals surface area contributed by atoms with Crippen molar-refractivity contribution in [2.75, 3.05) is 6.61 Å². The molecule has 0 aliphatic heterocycles. The smallest absolute Gasteiger partial charge is 0.344 e. The van der Waals surface area contributed by atoms with Gasteiger partial charge in [0.1, 0.15) is 5.75 Å². The summed E-state index contributed by atoms with van der Waals surface area (Å²) in [7, 11) is 0. The molecule has 0 aromatic heterocycles. The van der Waals surface area contributed by atoms with Crippen molar-refractivity contribution in [3.63, 3.8) is 0 Å². The summed E-state index contributed by atoms with van der Waals surface area (Å²) < 4.78 is 10.3. The van der Waals surface area contributed by atoms with Crippen LogP contribution in [0.4, 0.5) is 0 Å². The minimum absolute atomic E-state index is 0.124. The number of carbonyl (C=O) groups is 1. The summed E-state index contributed by atoms with van der Waals surface area (Å²) in [6.07, 6.45) is 1.53. The lowest BCUT2D eigenvalue weighted by molar-refractivity contribution is -0.149. The highest BCUT2D eigenvalue weighted by Gasteiger charge is 2.10. The second-order valence-corrected chi connectivity index (χ2v) is 5.37. The fraction of sp³-hybridized carbons (Fsp3) is 0.533. The molecule has 1 atom stereocenters. The summed E-state index contributed by atoms with van der Waals surface area (Å²) in [4.78, 5) is 11.4. The van der Waals surface area contributed by atoms with E-state index in [1.165, 1.54) is 0 Å². The van der Waals surface area contributed by atoms with Gasteiger partial charge in [-0.1, -0.05) is 24.6 Å². The first-order valence-corrected chi connectivity index (χ1v) is 7.16. The maximum Gasteiger partial charge on any atom is 0.344 e. The van der Waals surface area contributed by atoms with Crippen molar-refractivity contribution in [1.29, 1.82) is 0 Å². The van der Waals surface area contributed by atoms with E-state index in [1.807, 2.05) is 19.1 Å². The van der Waals surface area contributed by atoms with E-state index >= 15 is 0 Å². The molecule has 0 bridgehead atoms. The van der Waals surface area contributed by atoms with Gasteiger partial charge in [-0.25, -0.2) is 4.79 Å². The first-order chi connectivity index (χ1) is 9.42. The molecule has 2 N–H and O–H groups in total. The van der Waals surface area contributed by atoms with Crippen LogP contribution in [-0.4, -0.2) is 24.7 Å². The monoisotopic (exact) mass is 299 g/mol. The standard InChI is InChI=1S/C15H22ClNO3/c1-4-12(17)7-11-5-6-14(13(16)8-11)19-9-15(18)20-10(2)3/h5-6,8,10,12H,4,7,9,17H2,1-3H3. The molecule has 0 saturated heterocycles. The highest BCUT2D eigenvalue weighted by atomic mass is 35.5. The molecule has 0 aliphatic rings. The van der Waals surface area contributed by atoms with Gasteiger partial charge in [0.25, 0.3) is 0 Å². The van der Waals surface area contributed by atoms with E-state index in [0.29, 0.717) is 10.8 Å². The van der Waals surface area contributed by atoms with E-state index in [2.05, 4.69) is 0 Å². The van der Waals surface area contributed by atoms with Crippen LogP contribution in [0, 0.1) is 0 Å². The molecule has 0 spiro atoms. The van der Waals surface area contributed by atoms with Crippen LogP contribution in [0.5, 0.6) is 5.75 Å². The van der Waals surface area contributed by atoms with Crippen molar-refractivity contribution in [3.05, 3.63) is 28.8 Å². The molecule has 0 saturated carbocycles. The zero-order chi connectivity index (χ0) is 15.1. The summed E-state index contributed by atoms with van der Waals surface area (Å²) in [5.41, 5.74) is 6.96. The van der Waals surface area contributed by atoms with Crippen LogP contribution in [-0.2, 0) is 16.0 Å². The van der Waals surface area contributed by atoms with Crippen LogP contribution in [0.3, 0.4) is 0 Å². The van der Waals surface area contributed by atoms with E-state index in [4.69, 9.17) is 26.8 Å². The van der Waals surface area contributed by atoms with Gasteiger partial charge in [-0.3, -0.25) is 0 Å². The number of benzene rings is 1. The van der Waals surface area contributed by atoms with E-state index in [9.17, 15) is 4.79 Å². The van der Waals surface area contributed by atoms with Crippen LogP contribution in [0.2, 0.25) is 5.02 Å². The highest BCUT2D eigenvalue weighted by Crippen LogP contribution is 2.26. The van der Waals surface area contributed by atoms with Crippen LogP contribution in [0.25, 0.3) is 0 Å². The van der Waals surface area contributed by atoms with Gasteiger partial charge < -0.3 is 15.2 Å². The zero-order valence-electron chi connectivity index (χ0n) is 12.2. The van der Waals surface area contributed by atoms with Crippen LogP contribution < -0.4 is 10.5 Å². The molecule has 1 aromatic carbocycles. The van der Waals surface area contributed by atoms with Gasteiger partial charge in [0, 0.05) is 6.04 Å². The Morgan fingerprint density at radius 2 is 2.10 bits per heavy atom. The Balaban J connectivity index is 2.57. The van der Waals surface area contributed by atoms with Crippen molar-refractivity contribution < 1.29 is 14.3 Å². The maximum atomic E-state index is 11.4. The first-order valence-electron chi connectivity index (χ1n) is 6.78. The van der Waals surface area contributed by atoms with E-state index in [1.54, 1.807) is 19.9 Å². The van der Waals surface area contributed by atoms with Gasteiger partial charge in [0.05, 0.1) is 11.1 Å². The largest absolute Gasteiger partial charge is 0.480 e. The topological polar surface area (TPSA) is 61.5 Å². The third kappa shape index (κ3) is 5.80. The number of hydrogen-bond donors (Lipinski definition) is 1. The molecule has 0 radical (unpaired) electrons. The average Bonchev–Trinajstić information content (AvgIpc) is 2.36. The fourth-order valence-electron chi connectivity index (χ4n) is 1.67. The Kier molecular flexibility index (Phi) is 6.82. The van der Waals surface area contributed by atoms with E-state index in [-0.39, 0.29) is 18.8 Å². The minimum Gasteiger partial charge on any atom is -0.480 e. The van der Waals surface area contributed by atoms with Crippen LogP contribution in [0.15, 0.2) is 18.2 Å². The zero-order valence-corrected chi connectivity index (χ0v) is 12.9. The normalized spacial score (nSPS) is 12.3. The average molecular weight is 300 g/mol. The molecule has 1 unspecified atom stereocenters. The molecule has 1 rings (SSSR count). The van der Waals surface area contributed by atoms with Crippen molar-refractivity contribution >= 4 is 17.6 Å². The Morgan fingerprint density at radius 1 is 1.40 bits per heavy atom. The van der Waals surface area contributed by atoms with Gasteiger partial charge in [-0.15, -0.1) is 0 Å². The quantitative estimate of drug-likeness (QED) is 0.786. The Hall–Kier alpha value is -1.26. The van der Waals surface area contributed by atoms with Crippen LogP contribution >= 0.6 is 11.6 Å². The third-order valence-electron chi connectivity index (χ3n) is 2.73. The second kappa shape index (κ2) is 8.12. The molecule has 20 heavy (non-hydrogen) atoms. The van der Waals surface area contributed by atoms with Gasteiger partial charge in [0.2, 0.25) is 0 Å². The minimum atomic E-state index is -0.409. The van der Waals surface area contributed by atoms with Gasteiger partial charge in [-0.2, -0.15) is 0 Å². The number of hydrogen-bond acceptors (Lipinski definition) is 4. The van der Waals surface area contributed by atoms with Gasteiger partial charge in [0.15, 0.2) is 6.61 Å². The molecule has 112 valence electrons. The summed E-state index contributed by atoms with van der Waals surface area (Å²) in [6.45, 7) is 5.48. The lowest BCUT2D eigenvalue weighted by Crippen LogP contribution is -2.21. The number of rotatable bonds is 7. The third-order valence-corrected chi connectivity index (χ3v) is 3.03. The summed E-state index contributed by atoms with van der Waals surface area (Å²) in [6, 6.07) is 5.60. The number of carbonyl (C=O) groups excluding carboxylic acids is 1. The highest BCUT2D eigenvalue weighted by molar-refractivity contribution is 6.32.